The highest BCUT2D eigenvalue weighted by Gasteiger charge is 2.06. The number of nitrogens with zero attached hydrogens (tertiary/aromatic N) is 2. The minimum Gasteiger partial charge on any atom is -0.352 e. The minimum atomic E-state index is -0.170. The zero-order valence-electron chi connectivity index (χ0n) is 15.8. The van der Waals surface area contributed by atoms with Gasteiger partial charge in [-0.15, -0.1) is 0 Å². The number of benzene rings is 2. The summed E-state index contributed by atoms with van der Waals surface area (Å²) in [4.78, 5) is 21.0. The SMILES string of the molecule is Cc1ccc(Nc2cc(C)nc(NCCNC(=O)c3cccc(Cl)c3)n2)cc1. The first-order chi connectivity index (χ1) is 13.5. The zero-order chi connectivity index (χ0) is 19.9. The van der Waals surface area contributed by atoms with E-state index >= 15 is 0 Å². The number of carbonyl (C=O) groups excluding carboxylic acids is 1. The molecule has 28 heavy (non-hydrogen) atoms. The number of anilines is 3. The molecule has 144 valence electrons. The van der Waals surface area contributed by atoms with Gasteiger partial charge in [0.1, 0.15) is 5.82 Å². The Hall–Kier alpha value is -3.12. The molecule has 3 rings (SSSR count). The van der Waals surface area contributed by atoms with E-state index in [9.17, 15) is 4.79 Å². The molecule has 0 aliphatic heterocycles. The summed E-state index contributed by atoms with van der Waals surface area (Å²) in [5.41, 5.74) is 3.54. The van der Waals surface area contributed by atoms with Crippen LogP contribution < -0.4 is 16.0 Å². The van der Waals surface area contributed by atoms with E-state index in [1.165, 1.54) is 5.56 Å². The van der Waals surface area contributed by atoms with Crippen molar-refractivity contribution in [2.24, 2.45) is 0 Å². The number of aromatic nitrogens is 2. The largest absolute Gasteiger partial charge is 0.352 e. The lowest BCUT2D eigenvalue weighted by atomic mass is 10.2. The van der Waals surface area contributed by atoms with E-state index in [0.29, 0.717) is 35.4 Å². The van der Waals surface area contributed by atoms with Gasteiger partial charge in [0.2, 0.25) is 5.95 Å². The van der Waals surface area contributed by atoms with Crippen molar-refractivity contribution in [3.63, 3.8) is 0 Å². The van der Waals surface area contributed by atoms with Gasteiger partial charge in [-0.3, -0.25) is 4.79 Å². The number of rotatable bonds is 7. The van der Waals surface area contributed by atoms with Gasteiger partial charge in [-0.1, -0.05) is 35.4 Å². The van der Waals surface area contributed by atoms with Crippen LogP contribution in [0.5, 0.6) is 0 Å². The number of carbonyl (C=O) groups is 1. The summed E-state index contributed by atoms with van der Waals surface area (Å²) < 4.78 is 0. The van der Waals surface area contributed by atoms with Crippen LogP contribution in [0.3, 0.4) is 0 Å². The second-order valence-corrected chi connectivity index (χ2v) is 6.84. The van der Waals surface area contributed by atoms with Crippen LogP contribution >= 0.6 is 11.6 Å². The van der Waals surface area contributed by atoms with Crippen molar-refractivity contribution < 1.29 is 4.79 Å². The Bertz CT molecular complexity index is 959. The minimum absolute atomic E-state index is 0.170. The first kappa shape index (κ1) is 19.6. The third kappa shape index (κ3) is 5.69. The number of aryl methyl sites for hydroxylation is 2. The molecule has 0 fully saturated rings. The van der Waals surface area contributed by atoms with Crippen LogP contribution in [-0.2, 0) is 0 Å². The van der Waals surface area contributed by atoms with Gasteiger partial charge in [-0.05, 0) is 44.2 Å². The summed E-state index contributed by atoms with van der Waals surface area (Å²) in [6.07, 6.45) is 0. The van der Waals surface area contributed by atoms with E-state index in [2.05, 4.69) is 25.9 Å². The van der Waals surface area contributed by atoms with Crippen LogP contribution in [0.1, 0.15) is 21.6 Å². The highest BCUT2D eigenvalue weighted by Crippen LogP contribution is 2.17. The quantitative estimate of drug-likeness (QED) is 0.519. The Balaban J connectivity index is 1.53. The Morgan fingerprint density at radius 1 is 1.00 bits per heavy atom. The Morgan fingerprint density at radius 3 is 2.54 bits per heavy atom. The molecule has 7 heteroatoms. The third-order valence-electron chi connectivity index (χ3n) is 3.96. The molecule has 0 aliphatic rings. The monoisotopic (exact) mass is 395 g/mol. The van der Waals surface area contributed by atoms with Gasteiger partial charge in [0.15, 0.2) is 0 Å². The molecule has 0 saturated heterocycles. The maximum Gasteiger partial charge on any atom is 0.251 e. The van der Waals surface area contributed by atoms with Crippen molar-refractivity contribution in [1.82, 2.24) is 15.3 Å². The van der Waals surface area contributed by atoms with Crippen LogP contribution in [0.25, 0.3) is 0 Å². The summed E-state index contributed by atoms with van der Waals surface area (Å²) in [5.74, 6) is 1.05. The fourth-order valence-electron chi connectivity index (χ4n) is 2.58. The van der Waals surface area contributed by atoms with Crippen molar-refractivity contribution >= 4 is 35.0 Å². The molecule has 0 atom stereocenters. The first-order valence-electron chi connectivity index (χ1n) is 8.96. The van der Waals surface area contributed by atoms with Gasteiger partial charge in [-0.25, -0.2) is 4.98 Å². The van der Waals surface area contributed by atoms with Crippen LogP contribution in [0.4, 0.5) is 17.5 Å². The van der Waals surface area contributed by atoms with Gasteiger partial charge >= 0.3 is 0 Å². The molecule has 2 aromatic carbocycles. The first-order valence-corrected chi connectivity index (χ1v) is 9.34. The van der Waals surface area contributed by atoms with Gasteiger partial charge in [0, 0.05) is 41.1 Å². The van der Waals surface area contributed by atoms with Gasteiger partial charge in [0.05, 0.1) is 0 Å². The smallest absolute Gasteiger partial charge is 0.251 e. The Labute approximate surface area is 169 Å². The molecule has 0 bridgehead atoms. The van der Waals surface area contributed by atoms with Crippen molar-refractivity contribution in [3.8, 4) is 0 Å². The average Bonchev–Trinajstić information content (AvgIpc) is 2.66. The zero-order valence-corrected chi connectivity index (χ0v) is 16.5. The molecule has 0 aliphatic carbocycles. The Kier molecular flexibility index (Phi) is 6.45. The van der Waals surface area contributed by atoms with Crippen molar-refractivity contribution in [2.45, 2.75) is 13.8 Å². The van der Waals surface area contributed by atoms with Crippen LogP contribution in [0.15, 0.2) is 54.6 Å². The number of nitrogens with one attached hydrogen (secondary N) is 3. The molecule has 1 heterocycles. The molecule has 3 N–H and O–H groups in total. The maximum absolute atomic E-state index is 12.1. The van der Waals surface area contributed by atoms with Gasteiger partial charge in [-0.2, -0.15) is 4.98 Å². The lowest BCUT2D eigenvalue weighted by Gasteiger charge is -2.11. The topological polar surface area (TPSA) is 78.9 Å². The van der Waals surface area contributed by atoms with E-state index in [-0.39, 0.29) is 5.91 Å². The molecule has 0 spiro atoms. The number of halogens is 1. The maximum atomic E-state index is 12.1. The average molecular weight is 396 g/mol. The highest BCUT2D eigenvalue weighted by atomic mass is 35.5. The van der Waals surface area contributed by atoms with E-state index in [4.69, 9.17) is 11.6 Å². The molecule has 0 radical (unpaired) electrons. The van der Waals surface area contributed by atoms with Crippen LogP contribution in [0.2, 0.25) is 5.02 Å². The molecular formula is C21H22ClN5O. The van der Waals surface area contributed by atoms with Gasteiger partial charge in [0.25, 0.3) is 5.91 Å². The van der Waals surface area contributed by atoms with Gasteiger partial charge < -0.3 is 16.0 Å². The fourth-order valence-corrected chi connectivity index (χ4v) is 2.77. The predicted molar refractivity (Wildman–Crippen MR) is 114 cm³/mol. The van der Waals surface area contributed by atoms with E-state index in [1.807, 2.05) is 44.2 Å². The molecule has 1 aromatic heterocycles. The molecule has 0 unspecified atom stereocenters. The summed E-state index contributed by atoms with van der Waals surface area (Å²) in [6, 6.07) is 16.8. The molecule has 0 saturated carbocycles. The lowest BCUT2D eigenvalue weighted by molar-refractivity contribution is 0.0955. The standard InChI is InChI=1S/C21H22ClN5O/c1-14-6-8-18(9-7-14)26-19-12-15(2)25-21(27-19)24-11-10-23-20(28)16-4-3-5-17(22)13-16/h3-9,12-13H,10-11H2,1-2H3,(H,23,28)(H2,24,25,26,27). The van der Waals surface area contributed by atoms with Crippen molar-refractivity contribution in [2.75, 3.05) is 23.7 Å². The van der Waals surface area contributed by atoms with Crippen molar-refractivity contribution in [3.05, 3.63) is 76.4 Å². The van der Waals surface area contributed by atoms with E-state index in [1.54, 1.807) is 24.3 Å². The highest BCUT2D eigenvalue weighted by molar-refractivity contribution is 6.30. The van der Waals surface area contributed by atoms with E-state index in [0.717, 1.165) is 11.4 Å². The number of hydrogen-bond acceptors (Lipinski definition) is 5. The summed E-state index contributed by atoms with van der Waals surface area (Å²) in [6.45, 7) is 4.89. The molecule has 6 nitrogen and oxygen atoms in total. The normalized spacial score (nSPS) is 10.4. The molecule has 1 amide bonds. The number of hydrogen-bond donors (Lipinski definition) is 3. The molecule has 3 aromatic rings. The summed E-state index contributed by atoms with van der Waals surface area (Å²) in [5, 5.41) is 9.78. The summed E-state index contributed by atoms with van der Waals surface area (Å²) >= 11 is 5.91. The summed E-state index contributed by atoms with van der Waals surface area (Å²) in [7, 11) is 0. The second kappa shape index (κ2) is 9.19. The van der Waals surface area contributed by atoms with Crippen LogP contribution in [0, 0.1) is 13.8 Å². The van der Waals surface area contributed by atoms with Crippen molar-refractivity contribution in [1.29, 1.82) is 0 Å². The van der Waals surface area contributed by atoms with Crippen LogP contribution in [-0.4, -0.2) is 29.0 Å². The third-order valence-corrected chi connectivity index (χ3v) is 4.19. The fraction of sp³-hybridized carbons (Fsp3) is 0.190. The lowest BCUT2D eigenvalue weighted by Crippen LogP contribution is -2.29. The number of amides is 1. The predicted octanol–water partition coefficient (Wildman–Crippen LogP) is 4.33. The Morgan fingerprint density at radius 2 is 1.79 bits per heavy atom. The second-order valence-electron chi connectivity index (χ2n) is 6.40. The molecular weight excluding hydrogens is 374 g/mol. The van der Waals surface area contributed by atoms with E-state index < -0.39 is 0 Å².